The Kier molecular flexibility index (Phi) is 7.08. The Morgan fingerprint density at radius 2 is 1.84 bits per heavy atom. The molecule has 2 heterocycles. The van der Waals surface area contributed by atoms with E-state index in [4.69, 9.17) is 28.2 Å². The summed E-state index contributed by atoms with van der Waals surface area (Å²) < 4.78 is 2.04. The second-order valence-corrected chi connectivity index (χ2v) is 8.46. The molecule has 0 spiro atoms. The summed E-state index contributed by atoms with van der Waals surface area (Å²) in [6.07, 6.45) is 5.44. The molecule has 2 aromatic heterocycles. The maximum absolute atomic E-state index is 13.4. The van der Waals surface area contributed by atoms with Crippen molar-refractivity contribution in [2.24, 2.45) is 0 Å². The topological polar surface area (TPSA) is 59.8 Å². The van der Waals surface area contributed by atoms with Crippen LogP contribution in [-0.2, 0) is 17.8 Å². The van der Waals surface area contributed by atoms with Gasteiger partial charge in [-0.05, 0) is 47.9 Å². The van der Waals surface area contributed by atoms with Gasteiger partial charge in [-0.2, -0.15) is 0 Å². The molecule has 0 bridgehead atoms. The number of amides is 1. The first-order valence-electron chi connectivity index (χ1n) is 10.6. The van der Waals surface area contributed by atoms with Crippen LogP contribution in [0.1, 0.15) is 42.8 Å². The minimum Gasteiger partial charge on any atom is -0.350 e. The summed E-state index contributed by atoms with van der Waals surface area (Å²) in [5, 5.41) is 4.25. The summed E-state index contributed by atoms with van der Waals surface area (Å²) in [6.45, 7) is 2.50. The monoisotopic (exact) mass is 466 g/mol. The van der Waals surface area contributed by atoms with Crippen LogP contribution in [0.2, 0.25) is 10.0 Å². The van der Waals surface area contributed by atoms with Gasteiger partial charge in [-0.1, -0.05) is 60.8 Å². The van der Waals surface area contributed by atoms with Gasteiger partial charge in [-0.3, -0.25) is 9.78 Å². The molecule has 0 aliphatic carbocycles. The first kappa shape index (κ1) is 22.3. The SMILES string of the molecule is CCC[C@@H](C(=O)NCc1cccnc1)n1c(Cc2c(Cl)cccc2Cl)nc2ccccc21. The molecular weight excluding hydrogens is 443 g/mol. The van der Waals surface area contributed by atoms with Crippen molar-refractivity contribution in [3.8, 4) is 0 Å². The van der Waals surface area contributed by atoms with Crippen molar-refractivity contribution in [3.63, 3.8) is 0 Å². The molecule has 2 aromatic carbocycles. The summed E-state index contributed by atoms with van der Waals surface area (Å²) in [6, 6.07) is 16.7. The summed E-state index contributed by atoms with van der Waals surface area (Å²) in [4.78, 5) is 22.3. The predicted molar refractivity (Wildman–Crippen MR) is 129 cm³/mol. The molecule has 5 nitrogen and oxygen atoms in total. The first-order chi connectivity index (χ1) is 15.6. The van der Waals surface area contributed by atoms with Crippen molar-refractivity contribution >= 4 is 40.1 Å². The maximum atomic E-state index is 13.4. The van der Waals surface area contributed by atoms with Gasteiger partial charge < -0.3 is 9.88 Å². The third-order valence-corrected chi connectivity index (χ3v) is 6.14. The summed E-state index contributed by atoms with van der Waals surface area (Å²) in [5.74, 6) is 0.710. The molecular formula is C25H24Cl2N4O. The predicted octanol–water partition coefficient (Wildman–Crippen LogP) is 5.99. The van der Waals surface area contributed by atoms with E-state index in [9.17, 15) is 4.79 Å². The number of hydrogen-bond acceptors (Lipinski definition) is 3. The van der Waals surface area contributed by atoms with E-state index in [1.807, 2.05) is 59.2 Å². The smallest absolute Gasteiger partial charge is 0.243 e. The van der Waals surface area contributed by atoms with Gasteiger partial charge in [0.15, 0.2) is 0 Å². The summed E-state index contributed by atoms with van der Waals surface area (Å²) in [5.41, 5.74) is 3.51. The number of aromatic nitrogens is 3. The summed E-state index contributed by atoms with van der Waals surface area (Å²) in [7, 11) is 0. The molecule has 1 atom stereocenters. The zero-order chi connectivity index (χ0) is 22.5. The van der Waals surface area contributed by atoms with Gasteiger partial charge in [0.2, 0.25) is 5.91 Å². The fourth-order valence-corrected chi connectivity index (χ4v) is 4.42. The number of halogens is 2. The lowest BCUT2D eigenvalue weighted by Gasteiger charge is -2.21. The van der Waals surface area contributed by atoms with Gasteiger partial charge in [0, 0.05) is 35.4 Å². The van der Waals surface area contributed by atoms with Gasteiger partial charge in [0.25, 0.3) is 0 Å². The molecule has 0 aliphatic rings. The average Bonchev–Trinajstić information content (AvgIpc) is 3.17. The number of carbonyl (C=O) groups excluding carboxylic acids is 1. The van der Waals surface area contributed by atoms with Crippen molar-refractivity contribution in [2.75, 3.05) is 0 Å². The second-order valence-electron chi connectivity index (χ2n) is 7.65. The molecule has 0 unspecified atom stereocenters. The Hall–Kier alpha value is -2.89. The first-order valence-corrected chi connectivity index (χ1v) is 11.4. The second kappa shape index (κ2) is 10.2. The molecule has 1 N–H and O–H groups in total. The van der Waals surface area contributed by atoms with E-state index in [-0.39, 0.29) is 5.91 Å². The van der Waals surface area contributed by atoms with E-state index < -0.39 is 6.04 Å². The minimum absolute atomic E-state index is 0.0506. The third kappa shape index (κ3) is 4.79. The summed E-state index contributed by atoms with van der Waals surface area (Å²) >= 11 is 12.9. The van der Waals surface area contributed by atoms with Gasteiger partial charge in [0.05, 0.1) is 11.0 Å². The highest BCUT2D eigenvalue weighted by molar-refractivity contribution is 6.36. The van der Waals surface area contributed by atoms with Crippen LogP contribution in [0.15, 0.2) is 67.0 Å². The molecule has 4 aromatic rings. The van der Waals surface area contributed by atoms with Crippen LogP contribution < -0.4 is 5.32 Å². The van der Waals surface area contributed by atoms with Crippen LogP contribution in [0.4, 0.5) is 0 Å². The fraction of sp³-hybridized carbons (Fsp3) is 0.240. The van der Waals surface area contributed by atoms with Crippen molar-refractivity contribution in [3.05, 3.63) is 94.0 Å². The van der Waals surface area contributed by atoms with Crippen LogP contribution >= 0.6 is 23.2 Å². The number of rotatable bonds is 8. The number of nitrogens with one attached hydrogen (secondary N) is 1. The fourth-order valence-electron chi connectivity index (χ4n) is 3.89. The largest absolute Gasteiger partial charge is 0.350 e. The quantitative estimate of drug-likeness (QED) is 0.347. The molecule has 0 saturated carbocycles. The molecule has 7 heteroatoms. The number of pyridine rings is 1. The van der Waals surface area contributed by atoms with Crippen LogP contribution in [-0.4, -0.2) is 20.4 Å². The molecule has 0 fully saturated rings. The Morgan fingerprint density at radius 1 is 1.06 bits per heavy atom. The highest BCUT2D eigenvalue weighted by Gasteiger charge is 2.25. The highest BCUT2D eigenvalue weighted by Crippen LogP contribution is 2.31. The normalized spacial score (nSPS) is 12.1. The van der Waals surface area contributed by atoms with Gasteiger partial charge in [-0.15, -0.1) is 0 Å². The van der Waals surface area contributed by atoms with Crippen LogP contribution in [0.5, 0.6) is 0 Å². The zero-order valence-electron chi connectivity index (χ0n) is 17.8. The minimum atomic E-state index is -0.402. The van der Waals surface area contributed by atoms with Crippen molar-refractivity contribution in [1.29, 1.82) is 0 Å². The van der Waals surface area contributed by atoms with Crippen LogP contribution in [0, 0.1) is 0 Å². The molecule has 32 heavy (non-hydrogen) atoms. The molecule has 4 rings (SSSR count). The van der Waals surface area contributed by atoms with Crippen molar-refractivity contribution < 1.29 is 4.79 Å². The van der Waals surface area contributed by atoms with Crippen molar-refractivity contribution in [1.82, 2.24) is 19.9 Å². The van der Waals surface area contributed by atoms with E-state index in [0.29, 0.717) is 29.4 Å². The molecule has 164 valence electrons. The van der Waals surface area contributed by atoms with E-state index in [1.165, 1.54) is 0 Å². The lowest BCUT2D eigenvalue weighted by atomic mass is 10.1. The van der Waals surface area contributed by atoms with Gasteiger partial charge in [-0.25, -0.2) is 4.98 Å². The Bertz CT molecular complexity index is 1200. The van der Waals surface area contributed by atoms with Crippen molar-refractivity contribution in [2.45, 2.75) is 38.8 Å². The molecule has 0 saturated heterocycles. The van der Waals surface area contributed by atoms with Gasteiger partial charge in [0.1, 0.15) is 11.9 Å². The Balaban J connectivity index is 1.72. The zero-order valence-corrected chi connectivity index (χ0v) is 19.3. The molecule has 1 amide bonds. The van der Waals surface area contributed by atoms with E-state index in [0.717, 1.165) is 34.4 Å². The lowest BCUT2D eigenvalue weighted by molar-refractivity contribution is -0.124. The lowest BCUT2D eigenvalue weighted by Crippen LogP contribution is -2.33. The van der Waals surface area contributed by atoms with E-state index in [1.54, 1.807) is 12.4 Å². The number of nitrogens with zero attached hydrogens (tertiary/aromatic N) is 3. The standard InChI is InChI=1S/C25H24Cl2N4O/c1-2-7-23(25(32)29-16-17-8-6-13-28-15-17)31-22-12-4-3-11-21(22)30-24(31)14-18-19(26)9-5-10-20(18)27/h3-6,8-13,15,23H,2,7,14,16H2,1H3,(H,29,32)/t23-/m0/s1. The highest BCUT2D eigenvalue weighted by atomic mass is 35.5. The number of carbonyl (C=O) groups is 1. The van der Waals surface area contributed by atoms with E-state index in [2.05, 4.69) is 17.2 Å². The molecule has 0 radical (unpaired) electrons. The number of imidazole rings is 1. The Labute approximate surface area is 197 Å². The van der Waals surface area contributed by atoms with Crippen LogP contribution in [0.25, 0.3) is 11.0 Å². The Morgan fingerprint density at radius 3 is 2.56 bits per heavy atom. The average molecular weight is 467 g/mol. The maximum Gasteiger partial charge on any atom is 0.243 e. The van der Waals surface area contributed by atoms with Crippen LogP contribution in [0.3, 0.4) is 0 Å². The van der Waals surface area contributed by atoms with E-state index >= 15 is 0 Å². The number of benzene rings is 2. The number of fused-ring (bicyclic) bond motifs is 1. The third-order valence-electron chi connectivity index (χ3n) is 5.43. The number of para-hydroxylation sites is 2. The molecule has 0 aliphatic heterocycles. The number of hydrogen-bond donors (Lipinski definition) is 1. The van der Waals surface area contributed by atoms with Gasteiger partial charge >= 0.3 is 0 Å².